The molecule has 1 aliphatic heterocycles. The molecule has 1 atom stereocenters. The first-order chi connectivity index (χ1) is 8.65. The van der Waals surface area contributed by atoms with Crippen molar-refractivity contribution in [1.29, 1.82) is 0 Å². The Morgan fingerprint density at radius 1 is 1.44 bits per heavy atom. The maximum Gasteiger partial charge on any atom is 0.151 e. The van der Waals surface area contributed by atoms with E-state index in [-0.39, 0.29) is 0 Å². The van der Waals surface area contributed by atoms with Gasteiger partial charge in [-0.2, -0.15) is 0 Å². The number of aryl methyl sites for hydroxylation is 1. The lowest BCUT2D eigenvalue weighted by Crippen LogP contribution is -2.37. The number of hydrogen-bond acceptors (Lipinski definition) is 4. The fraction of sp³-hybridized carbons (Fsp3) is 0.692. The smallest absolute Gasteiger partial charge is 0.151 e. The summed E-state index contributed by atoms with van der Waals surface area (Å²) in [6, 6.07) is 0.617. The Labute approximate surface area is 114 Å². The van der Waals surface area contributed by atoms with Crippen molar-refractivity contribution in [2.24, 2.45) is 0 Å². The molecule has 0 amide bonds. The fourth-order valence-electron chi connectivity index (χ4n) is 2.64. The summed E-state index contributed by atoms with van der Waals surface area (Å²) in [5.41, 5.74) is 0. The van der Waals surface area contributed by atoms with Crippen molar-refractivity contribution in [2.45, 2.75) is 33.2 Å². The van der Waals surface area contributed by atoms with Gasteiger partial charge < -0.3 is 4.90 Å². The van der Waals surface area contributed by atoms with Gasteiger partial charge in [0.1, 0.15) is 10.8 Å². The summed E-state index contributed by atoms with van der Waals surface area (Å²) in [5, 5.41) is 0.654. The number of halogens is 1. The first kappa shape index (κ1) is 13.6. The highest BCUT2D eigenvalue weighted by Crippen LogP contribution is 2.27. The minimum atomic E-state index is 0.617. The molecule has 0 N–H and O–H groups in total. The number of rotatable bonds is 4. The van der Waals surface area contributed by atoms with Gasteiger partial charge in [0.25, 0.3) is 0 Å². The second-order valence-electron chi connectivity index (χ2n) is 4.70. The van der Waals surface area contributed by atoms with E-state index in [1.807, 2.05) is 6.92 Å². The van der Waals surface area contributed by atoms with Crippen LogP contribution < -0.4 is 4.90 Å². The van der Waals surface area contributed by atoms with Crippen molar-refractivity contribution in [1.82, 2.24) is 14.9 Å². The fourth-order valence-corrected chi connectivity index (χ4v) is 2.85. The number of nitrogens with zero attached hydrogens (tertiary/aromatic N) is 4. The van der Waals surface area contributed by atoms with E-state index < -0.39 is 0 Å². The highest BCUT2D eigenvalue weighted by Gasteiger charge is 2.28. The molecule has 0 saturated carbocycles. The molecular weight excluding hydrogens is 248 g/mol. The Hall–Kier alpha value is -0.870. The Bertz CT molecular complexity index is 406. The second-order valence-corrected chi connectivity index (χ2v) is 5.11. The van der Waals surface area contributed by atoms with Crippen LogP contribution in [-0.2, 0) is 0 Å². The minimum Gasteiger partial charge on any atom is -0.354 e. The SMILES string of the molecule is CCN(CC)C1CCN(c2nc(C)ncc2Cl)C1. The summed E-state index contributed by atoms with van der Waals surface area (Å²) >= 11 is 6.19. The molecule has 0 radical (unpaired) electrons. The molecule has 2 heterocycles. The lowest BCUT2D eigenvalue weighted by molar-refractivity contribution is 0.232. The molecule has 0 aliphatic carbocycles. The van der Waals surface area contributed by atoms with Gasteiger partial charge in [-0.25, -0.2) is 9.97 Å². The first-order valence-electron chi connectivity index (χ1n) is 6.63. The molecule has 1 saturated heterocycles. The van der Waals surface area contributed by atoms with E-state index in [0.29, 0.717) is 11.1 Å². The van der Waals surface area contributed by atoms with Crippen LogP contribution in [0.25, 0.3) is 0 Å². The average molecular weight is 269 g/mol. The van der Waals surface area contributed by atoms with Crippen LogP contribution in [0.3, 0.4) is 0 Å². The molecule has 2 rings (SSSR count). The maximum absolute atomic E-state index is 6.19. The molecule has 4 nitrogen and oxygen atoms in total. The molecule has 1 aliphatic rings. The maximum atomic E-state index is 6.19. The molecule has 0 bridgehead atoms. The molecule has 1 aromatic heterocycles. The van der Waals surface area contributed by atoms with E-state index in [1.54, 1.807) is 6.20 Å². The van der Waals surface area contributed by atoms with Gasteiger partial charge in [-0.15, -0.1) is 0 Å². The van der Waals surface area contributed by atoms with Gasteiger partial charge in [-0.3, -0.25) is 4.90 Å². The summed E-state index contributed by atoms with van der Waals surface area (Å²) in [7, 11) is 0. The summed E-state index contributed by atoms with van der Waals surface area (Å²) in [4.78, 5) is 13.4. The molecule has 0 aromatic carbocycles. The number of aromatic nitrogens is 2. The lowest BCUT2D eigenvalue weighted by atomic mass is 10.2. The van der Waals surface area contributed by atoms with Crippen molar-refractivity contribution >= 4 is 17.4 Å². The third-order valence-electron chi connectivity index (χ3n) is 3.64. The molecule has 1 unspecified atom stereocenters. The molecule has 1 aromatic rings. The van der Waals surface area contributed by atoms with E-state index in [4.69, 9.17) is 11.6 Å². The largest absolute Gasteiger partial charge is 0.354 e. The summed E-state index contributed by atoms with van der Waals surface area (Å²) in [6.07, 6.45) is 2.88. The van der Waals surface area contributed by atoms with E-state index in [2.05, 4.69) is 33.6 Å². The Balaban J connectivity index is 2.10. The van der Waals surface area contributed by atoms with Crippen LogP contribution in [-0.4, -0.2) is 47.1 Å². The minimum absolute atomic E-state index is 0.617. The van der Waals surface area contributed by atoms with Gasteiger partial charge in [-0.1, -0.05) is 25.4 Å². The van der Waals surface area contributed by atoms with E-state index in [9.17, 15) is 0 Å². The predicted molar refractivity (Wildman–Crippen MR) is 75.3 cm³/mol. The van der Waals surface area contributed by atoms with Crippen molar-refractivity contribution in [3.63, 3.8) is 0 Å². The zero-order chi connectivity index (χ0) is 13.1. The van der Waals surface area contributed by atoms with Gasteiger partial charge in [0, 0.05) is 19.1 Å². The number of likely N-dealkylation sites (N-methyl/N-ethyl adjacent to an activating group) is 1. The standard InChI is InChI=1S/C13H21ClN4/c1-4-17(5-2)11-6-7-18(9-11)13-12(14)8-15-10(3)16-13/h8,11H,4-7,9H2,1-3H3. The second kappa shape index (κ2) is 5.85. The Morgan fingerprint density at radius 3 is 2.83 bits per heavy atom. The monoisotopic (exact) mass is 268 g/mol. The average Bonchev–Trinajstić information content (AvgIpc) is 2.83. The molecule has 100 valence electrons. The number of hydrogen-bond donors (Lipinski definition) is 0. The Kier molecular flexibility index (Phi) is 4.40. The first-order valence-corrected chi connectivity index (χ1v) is 7.01. The van der Waals surface area contributed by atoms with Gasteiger partial charge in [-0.05, 0) is 26.4 Å². The normalized spacial score (nSPS) is 19.8. The number of anilines is 1. The van der Waals surface area contributed by atoms with Crippen molar-refractivity contribution in [2.75, 3.05) is 31.1 Å². The summed E-state index contributed by atoms with van der Waals surface area (Å²) < 4.78 is 0. The zero-order valence-electron chi connectivity index (χ0n) is 11.4. The van der Waals surface area contributed by atoms with Crippen LogP contribution in [0.15, 0.2) is 6.20 Å². The highest BCUT2D eigenvalue weighted by molar-refractivity contribution is 6.32. The summed E-state index contributed by atoms with van der Waals surface area (Å²) in [6.45, 7) is 10.6. The molecule has 0 spiro atoms. The van der Waals surface area contributed by atoms with Crippen molar-refractivity contribution < 1.29 is 0 Å². The molecule has 1 fully saturated rings. The predicted octanol–water partition coefficient (Wildman–Crippen LogP) is 2.36. The van der Waals surface area contributed by atoms with Gasteiger partial charge in [0.05, 0.1) is 6.20 Å². The highest BCUT2D eigenvalue weighted by atomic mass is 35.5. The zero-order valence-corrected chi connectivity index (χ0v) is 12.1. The van der Waals surface area contributed by atoms with Crippen molar-refractivity contribution in [3.8, 4) is 0 Å². The topological polar surface area (TPSA) is 32.3 Å². The Morgan fingerprint density at radius 2 is 2.17 bits per heavy atom. The van der Waals surface area contributed by atoms with Crippen LogP contribution in [0.2, 0.25) is 5.02 Å². The van der Waals surface area contributed by atoms with Crippen LogP contribution in [0.4, 0.5) is 5.82 Å². The van der Waals surface area contributed by atoms with Gasteiger partial charge in [0.15, 0.2) is 5.82 Å². The summed E-state index contributed by atoms with van der Waals surface area (Å²) in [5.74, 6) is 1.67. The third-order valence-corrected chi connectivity index (χ3v) is 3.90. The quantitative estimate of drug-likeness (QED) is 0.839. The molecule has 18 heavy (non-hydrogen) atoms. The van der Waals surface area contributed by atoms with Crippen molar-refractivity contribution in [3.05, 3.63) is 17.0 Å². The lowest BCUT2D eigenvalue weighted by Gasteiger charge is -2.26. The van der Waals surface area contributed by atoms with E-state index in [1.165, 1.54) is 6.42 Å². The van der Waals surface area contributed by atoms with Crippen LogP contribution in [0.5, 0.6) is 0 Å². The van der Waals surface area contributed by atoms with Crippen LogP contribution >= 0.6 is 11.6 Å². The molecule has 5 heteroatoms. The van der Waals surface area contributed by atoms with Gasteiger partial charge >= 0.3 is 0 Å². The molecular formula is C13H21ClN4. The van der Waals surface area contributed by atoms with Gasteiger partial charge in [0.2, 0.25) is 0 Å². The van der Waals surface area contributed by atoms with Crippen LogP contribution in [0, 0.1) is 6.92 Å². The third kappa shape index (κ3) is 2.75. The van der Waals surface area contributed by atoms with Crippen LogP contribution in [0.1, 0.15) is 26.1 Å². The van der Waals surface area contributed by atoms with E-state index in [0.717, 1.165) is 37.8 Å². The van der Waals surface area contributed by atoms with E-state index >= 15 is 0 Å².